The number of anilines is 1. The van der Waals surface area contributed by atoms with Crippen molar-refractivity contribution in [3.05, 3.63) is 95.8 Å². The van der Waals surface area contributed by atoms with Gasteiger partial charge in [-0.1, -0.05) is 12.1 Å². The monoisotopic (exact) mass is 549 g/mol. The normalized spacial score (nSPS) is 13.0. The molecular formula is C31H31N7O3. The van der Waals surface area contributed by atoms with Crippen LogP contribution in [0, 0.1) is 0 Å². The topological polar surface area (TPSA) is 113 Å². The Balaban J connectivity index is 1.09. The van der Waals surface area contributed by atoms with Crippen LogP contribution in [0.1, 0.15) is 16.7 Å². The average Bonchev–Trinajstić information content (AvgIpc) is 3.51. The van der Waals surface area contributed by atoms with Gasteiger partial charge >= 0.3 is 0 Å². The summed E-state index contributed by atoms with van der Waals surface area (Å²) in [5, 5.41) is 13.1. The van der Waals surface area contributed by atoms with Crippen LogP contribution in [0.3, 0.4) is 0 Å². The molecule has 6 rings (SSSR count). The summed E-state index contributed by atoms with van der Waals surface area (Å²) in [6.45, 7) is 2.89. The third kappa shape index (κ3) is 5.82. The second-order valence-corrected chi connectivity index (χ2v) is 9.86. The Kier molecular flexibility index (Phi) is 7.46. The SMILES string of the molecule is COc1cc2c(cc1OC)CN(CCc1ccc(-n3nnc(-c4cc(Oc5cccnc5)ccc4N)n3)cc1)CC2. The van der Waals surface area contributed by atoms with E-state index in [9.17, 15) is 0 Å². The lowest BCUT2D eigenvalue weighted by Gasteiger charge is -2.29. The van der Waals surface area contributed by atoms with Crippen LogP contribution < -0.4 is 19.9 Å². The first-order valence-electron chi connectivity index (χ1n) is 13.4. The predicted molar refractivity (Wildman–Crippen MR) is 156 cm³/mol. The molecular weight excluding hydrogens is 518 g/mol. The van der Waals surface area contributed by atoms with Gasteiger partial charge in [0.2, 0.25) is 5.82 Å². The zero-order valence-electron chi connectivity index (χ0n) is 23.0. The molecule has 41 heavy (non-hydrogen) atoms. The van der Waals surface area contributed by atoms with Gasteiger partial charge in [-0.2, -0.15) is 0 Å². The highest BCUT2D eigenvalue weighted by atomic mass is 16.5. The van der Waals surface area contributed by atoms with E-state index in [1.165, 1.54) is 21.5 Å². The Morgan fingerprint density at radius 2 is 1.71 bits per heavy atom. The molecule has 0 saturated carbocycles. The Labute approximate surface area is 238 Å². The van der Waals surface area contributed by atoms with Gasteiger partial charge in [0.1, 0.15) is 11.5 Å². The quantitative estimate of drug-likeness (QED) is 0.261. The summed E-state index contributed by atoms with van der Waals surface area (Å²) in [6.07, 6.45) is 5.28. The van der Waals surface area contributed by atoms with Crippen molar-refractivity contribution in [3.63, 3.8) is 0 Å². The molecule has 1 aliphatic heterocycles. The molecule has 0 fully saturated rings. The number of nitrogen functional groups attached to an aromatic ring is 1. The summed E-state index contributed by atoms with van der Waals surface area (Å²) < 4.78 is 16.9. The fourth-order valence-corrected chi connectivity index (χ4v) is 4.98. The largest absolute Gasteiger partial charge is 0.493 e. The van der Waals surface area contributed by atoms with Gasteiger partial charge in [-0.25, -0.2) is 0 Å². The summed E-state index contributed by atoms with van der Waals surface area (Å²) in [7, 11) is 3.36. The van der Waals surface area contributed by atoms with Gasteiger partial charge in [-0.05, 0) is 89.3 Å². The van der Waals surface area contributed by atoms with Crippen molar-refractivity contribution in [2.24, 2.45) is 0 Å². The third-order valence-corrected chi connectivity index (χ3v) is 7.23. The maximum absolute atomic E-state index is 6.23. The first-order valence-corrected chi connectivity index (χ1v) is 13.4. The second-order valence-electron chi connectivity index (χ2n) is 9.86. The van der Waals surface area contributed by atoms with E-state index in [-0.39, 0.29) is 0 Å². The van der Waals surface area contributed by atoms with E-state index in [0.717, 1.165) is 49.7 Å². The Morgan fingerprint density at radius 1 is 0.902 bits per heavy atom. The summed E-state index contributed by atoms with van der Waals surface area (Å²) in [5.74, 6) is 3.23. The molecule has 2 aromatic heterocycles. The standard InChI is InChI=1S/C31H31N7O3/c1-39-29-16-22-12-15-37(20-23(22)17-30(29)40-2)14-11-21-5-7-24(8-6-21)38-35-31(34-36-38)27-18-25(9-10-28(27)32)41-26-4-3-13-33-19-26/h3-10,13,16-19H,11-12,14-15,20,32H2,1-2H3. The molecule has 10 nitrogen and oxygen atoms in total. The van der Waals surface area contributed by atoms with Gasteiger partial charge in [0.05, 0.1) is 26.1 Å². The van der Waals surface area contributed by atoms with Crippen molar-refractivity contribution in [1.82, 2.24) is 30.1 Å². The van der Waals surface area contributed by atoms with Crippen LogP contribution in [0.5, 0.6) is 23.0 Å². The van der Waals surface area contributed by atoms with E-state index >= 15 is 0 Å². The molecule has 208 valence electrons. The number of ether oxygens (including phenoxy) is 3. The molecule has 0 unspecified atom stereocenters. The number of nitrogens with zero attached hydrogens (tertiary/aromatic N) is 6. The highest BCUT2D eigenvalue weighted by Gasteiger charge is 2.19. The van der Waals surface area contributed by atoms with Gasteiger partial charge in [0.25, 0.3) is 0 Å². The van der Waals surface area contributed by atoms with Crippen LogP contribution in [0.4, 0.5) is 5.69 Å². The second kappa shape index (κ2) is 11.6. The average molecular weight is 550 g/mol. The highest BCUT2D eigenvalue weighted by molar-refractivity contribution is 5.72. The van der Waals surface area contributed by atoms with Gasteiger partial charge in [0.15, 0.2) is 11.5 Å². The summed E-state index contributed by atoms with van der Waals surface area (Å²) in [4.78, 5) is 8.06. The number of pyridine rings is 1. The van der Waals surface area contributed by atoms with E-state index in [0.29, 0.717) is 28.6 Å². The lowest BCUT2D eigenvalue weighted by Crippen LogP contribution is -2.32. The zero-order chi connectivity index (χ0) is 28.2. The minimum atomic E-state index is 0.419. The molecule has 5 aromatic rings. The third-order valence-electron chi connectivity index (χ3n) is 7.23. The van der Waals surface area contributed by atoms with Crippen molar-refractivity contribution in [1.29, 1.82) is 0 Å². The Morgan fingerprint density at radius 3 is 2.46 bits per heavy atom. The van der Waals surface area contributed by atoms with Gasteiger partial charge in [0, 0.05) is 37.1 Å². The fourth-order valence-electron chi connectivity index (χ4n) is 4.98. The molecule has 0 radical (unpaired) electrons. The van der Waals surface area contributed by atoms with Crippen LogP contribution in [0.25, 0.3) is 17.1 Å². The number of aromatic nitrogens is 5. The van der Waals surface area contributed by atoms with E-state index < -0.39 is 0 Å². The number of methoxy groups -OCH3 is 2. The van der Waals surface area contributed by atoms with Crippen molar-refractivity contribution in [2.75, 3.05) is 33.0 Å². The van der Waals surface area contributed by atoms with Crippen molar-refractivity contribution < 1.29 is 14.2 Å². The van der Waals surface area contributed by atoms with Crippen LogP contribution >= 0.6 is 0 Å². The smallest absolute Gasteiger partial charge is 0.207 e. The number of tetrazole rings is 1. The van der Waals surface area contributed by atoms with Crippen LogP contribution in [0.15, 0.2) is 79.1 Å². The number of benzene rings is 3. The van der Waals surface area contributed by atoms with E-state index in [1.54, 1.807) is 44.8 Å². The minimum absolute atomic E-state index is 0.419. The summed E-state index contributed by atoms with van der Waals surface area (Å²) >= 11 is 0. The van der Waals surface area contributed by atoms with Crippen molar-refractivity contribution in [2.45, 2.75) is 19.4 Å². The lowest BCUT2D eigenvalue weighted by atomic mass is 9.98. The molecule has 0 saturated heterocycles. The van der Waals surface area contributed by atoms with E-state index in [4.69, 9.17) is 19.9 Å². The first kappa shape index (κ1) is 26.3. The lowest BCUT2D eigenvalue weighted by molar-refractivity contribution is 0.255. The molecule has 1 aliphatic rings. The van der Waals surface area contributed by atoms with Gasteiger partial charge < -0.3 is 19.9 Å². The molecule has 0 atom stereocenters. The number of hydrogen-bond donors (Lipinski definition) is 1. The van der Waals surface area contributed by atoms with E-state index in [1.807, 2.05) is 24.3 Å². The van der Waals surface area contributed by atoms with Crippen LogP contribution in [0.2, 0.25) is 0 Å². The van der Waals surface area contributed by atoms with Gasteiger partial charge in [-0.15, -0.1) is 15.0 Å². The highest BCUT2D eigenvalue weighted by Crippen LogP contribution is 2.33. The zero-order valence-corrected chi connectivity index (χ0v) is 23.0. The van der Waals surface area contributed by atoms with Crippen molar-refractivity contribution >= 4 is 5.69 Å². The first-order chi connectivity index (χ1) is 20.1. The summed E-state index contributed by atoms with van der Waals surface area (Å²) in [5.41, 5.74) is 12.1. The fraction of sp³-hybridized carbons (Fsp3) is 0.226. The Hall–Kier alpha value is -4.96. The molecule has 3 aromatic carbocycles. The molecule has 0 spiro atoms. The number of rotatable bonds is 9. The minimum Gasteiger partial charge on any atom is -0.493 e. The maximum atomic E-state index is 6.23. The summed E-state index contributed by atoms with van der Waals surface area (Å²) in [6, 6.07) is 21.5. The Bertz CT molecular complexity index is 1640. The molecule has 10 heteroatoms. The maximum Gasteiger partial charge on any atom is 0.207 e. The van der Waals surface area contributed by atoms with Crippen LogP contribution in [-0.2, 0) is 19.4 Å². The number of fused-ring (bicyclic) bond motifs is 1. The molecule has 3 heterocycles. The van der Waals surface area contributed by atoms with Gasteiger partial charge in [-0.3, -0.25) is 9.88 Å². The number of hydrogen-bond acceptors (Lipinski definition) is 9. The molecule has 0 aliphatic carbocycles. The van der Waals surface area contributed by atoms with Crippen molar-refractivity contribution in [3.8, 4) is 40.1 Å². The van der Waals surface area contributed by atoms with Crippen LogP contribution in [-0.4, -0.2) is 57.4 Å². The molecule has 0 amide bonds. The number of nitrogens with two attached hydrogens (primary N) is 1. The molecule has 2 N–H and O–H groups in total. The predicted octanol–water partition coefficient (Wildman–Crippen LogP) is 4.72. The van der Waals surface area contributed by atoms with E-state index in [2.05, 4.69) is 49.6 Å². The molecule has 0 bridgehead atoms.